The van der Waals surface area contributed by atoms with Crippen LogP contribution in [0.3, 0.4) is 0 Å². The zero-order valence-electron chi connectivity index (χ0n) is 10.8. The van der Waals surface area contributed by atoms with Crippen LogP contribution < -0.4 is 10.7 Å². The molecule has 0 radical (unpaired) electrons. The predicted octanol–water partition coefficient (Wildman–Crippen LogP) is -0.647. The zero-order valence-corrected chi connectivity index (χ0v) is 11.6. The van der Waals surface area contributed by atoms with Gasteiger partial charge in [0, 0.05) is 45.3 Å². The van der Waals surface area contributed by atoms with Crippen molar-refractivity contribution in [3.63, 3.8) is 0 Å². The SMILES string of the molecule is ClN1N=C(N2CCOCC2)C=C(N2CCNCC2)N1. The molecule has 3 rings (SSSR count). The Morgan fingerprint density at radius 1 is 1.11 bits per heavy atom. The fraction of sp³-hybridized carbons (Fsp3) is 0.727. The average Bonchev–Trinajstić information content (AvgIpc) is 2.48. The summed E-state index contributed by atoms with van der Waals surface area (Å²) < 4.78 is 6.63. The van der Waals surface area contributed by atoms with Crippen molar-refractivity contribution in [2.45, 2.75) is 0 Å². The molecule has 2 N–H and O–H groups in total. The van der Waals surface area contributed by atoms with Crippen LogP contribution in [0.2, 0.25) is 0 Å². The van der Waals surface area contributed by atoms with Crippen molar-refractivity contribution >= 4 is 17.6 Å². The molecule has 0 aromatic heterocycles. The van der Waals surface area contributed by atoms with E-state index in [1.54, 1.807) is 0 Å². The number of piperazine rings is 1. The molecular formula is C11H19ClN6O. The minimum absolute atomic E-state index is 0.742. The lowest BCUT2D eigenvalue weighted by atomic mass is 10.3. The molecule has 3 heterocycles. The van der Waals surface area contributed by atoms with Crippen molar-refractivity contribution in [3.05, 3.63) is 11.9 Å². The number of hydrogen-bond donors (Lipinski definition) is 2. The second-order valence-electron chi connectivity index (χ2n) is 4.70. The molecule has 2 saturated heterocycles. The van der Waals surface area contributed by atoms with Crippen LogP contribution in [0.15, 0.2) is 17.0 Å². The van der Waals surface area contributed by atoms with E-state index in [1.807, 2.05) is 0 Å². The molecule has 0 bridgehead atoms. The van der Waals surface area contributed by atoms with Crippen molar-refractivity contribution in [2.75, 3.05) is 52.5 Å². The van der Waals surface area contributed by atoms with Gasteiger partial charge < -0.3 is 19.9 Å². The summed E-state index contributed by atoms with van der Waals surface area (Å²) in [6, 6.07) is 0. The van der Waals surface area contributed by atoms with Crippen LogP contribution in [0.4, 0.5) is 0 Å². The number of ether oxygens (including phenoxy) is 1. The minimum atomic E-state index is 0.742. The third kappa shape index (κ3) is 3.05. The van der Waals surface area contributed by atoms with E-state index in [4.69, 9.17) is 16.5 Å². The molecule has 0 atom stereocenters. The minimum Gasteiger partial charge on any atom is -0.378 e. The van der Waals surface area contributed by atoms with Gasteiger partial charge in [0.15, 0.2) is 5.84 Å². The van der Waals surface area contributed by atoms with E-state index < -0.39 is 0 Å². The molecule has 0 unspecified atom stereocenters. The van der Waals surface area contributed by atoms with Gasteiger partial charge in [-0.05, 0) is 0 Å². The Morgan fingerprint density at radius 2 is 1.84 bits per heavy atom. The van der Waals surface area contributed by atoms with Crippen LogP contribution in [0, 0.1) is 0 Å². The van der Waals surface area contributed by atoms with Gasteiger partial charge >= 0.3 is 0 Å². The maximum atomic E-state index is 6.04. The summed E-state index contributed by atoms with van der Waals surface area (Å²) in [7, 11) is 0. The molecule has 8 heteroatoms. The molecule has 3 aliphatic rings. The highest BCUT2D eigenvalue weighted by Crippen LogP contribution is 2.13. The van der Waals surface area contributed by atoms with Gasteiger partial charge in [-0.3, -0.25) is 5.43 Å². The molecule has 0 amide bonds. The first kappa shape index (κ1) is 12.8. The first-order valence-corrected chi connectivity index (χ1v) is 6.98. The quantitative estimate of drug-likeness (QED) is 0.625. The summed E-state index contributed by atoms with van der Waals surface area (Å²) in [5.74, 6) is 1.90. The van der Waals surface area contributed by atoms with Crippen molar-refractivity contribution < 1.29 is 4.74 Å². The van der Waals surface area contributed by atoms with E-state index in [1.165, 1.54) is 4.64 Å². The normalized spacial score (nSPS) is 24.8. The third-order valence-electron chi connectivity index (χ3n) is 3.46. The monoisotopic (exact) mass is 286 g/mol. The number of nitrogens with one attached hydrogen (secondary N) is 2. The number of rotatable bonds is 1. The van der Waals surface area contributed by atoms with Crippen LogP contribution in [0.5, 0.6) is 0 Å². The van der Waals surface area contributed by atoms with Crippen molar-refractivity contribution in [1.29, 1.82) is 0 Å². The number of nitrogens with zero attached hydrogens (tertiary/aromatic N) is 4. The molecule has 19 heavy (non-hydrogen) atoms. The van der Waals surface area contributed by atoms with Gasteiger partial charge in [-0.25, -0.2) is 0 Å². The Labute approximate surface area is 117 Å². The molecular weight excluding hydrogens is 268 g/mol. The number of morpholine rings is 1. The summed E-state index contributed by atoms with van der Waals surface area (Å²) in [6.07, 6.45) is 2.06. The van der Waals surface area contributed by atoms with Crippen LogP contribution in [0.25, 0.3) is 0 Å². The van der Waals surface area contributed by atoms with E-state index in [2.05, 4.69) is 31.7 Å². The highest BCUT2D eigenvalue weighted by atomic mass is 35.5. The van der Waals surface area contributed by atoms with Gasteiger partial charge in [0.1, 0.15) is 5.82 Å². The predicted molar refractivity (Wildman–Crippen MR) is 73.2 cm³/mol. The van der Waals surface area contributed by atoms with E-state index >= 15 is 0 Å². The average molecular weight is 287 g/mol. The van der Waals surface area contributed by atoms with Crippen LogP contribution in [-0.4, -0.2) is 72.8 Å². The smallest absolute Gasteiger partial charge is 0.156 e. The first-order valence-electron chi connectivity index (χ1n) is 6.64. The Balaban J connectivity index is 1.73. The van der Waals surface area contributed by atoms with E-state index in [-0.39, 0.29) is 0 Å². The van der Waals surface area contributed by atoms with Crippen LogP contribution >= 0.6 is 11.8 Å². The number of halogens is 1. The lowest BCUT2D eigenvalue weighted by Gasteiger charge is -2.36. The van der Waals surface area contributed by atoms with Crippen molar-refractivity contribution in [1.82, 2.24) is 25.2 Å². The molecule has 106 valence electrons. The maximum absolute atomic E-state index is 6.04. The lowest BCUT2D eigenvalue weighted by Crippen LogP contribution is -2.50. The second-order valence-corrected chi connectivity index (χ2v) is 5.02. The molecule has 2 fully saturated rings. The van der Waals surface area contributed by atoms with Crippen molar-refractivity contribution in [3.8, 4) is 0 Å². The first-order chi connectivity index (χ1) is 9.33. The summed E-state index contributed by atoms with van der Waals surface area (Å²) in [5, 5.41) is 7.65. The summed E-state index contributed by atoms with van der Waals surface area (Å²) in [4.78, 5) is 4.48. The molecule has 0 aromatic carbocycles. The highest BCUT2D eigenvalue weighted by molar-refractivity contribution is 6.14. The van der Waals surface area contributed by atoms with Gasteiger partial charge in [0.05, 0.1) is 25.0 Å². The summed E-state index contributed by atoms with van der Waals surface area (Å²) >= 11 is 6.04. The Hall–Kier alpha value is -1.18. The third-order valence-corrected chi connectivity index (χ3v) is 3.62. The van der Waals surface area contributed by atoms with Crippen molar-refractivity contribution in [2.24, 2.45) is 5.10 Å². The van der Waals surface area contributed by atoms with Gasteiger partial charge in [-0.2, -0.15) is 0 Å². The van der Waals surface area contributed by atoms with Gasteiger partial charge in [-0.15, -0.1) is 9.74 Å². The number of hydrogen-bond acceptors (Lipinski definition) is 7. The van der Waals surface area contributed by atoms with E-state index in [0.29, 0.717) is 0 Å². The molecule has 3 aliphatic heterocycles. The number of hydrazone groups is 1. The fourth-order valence-corrected chi connectivity index (χ4v) is 2.57. The maximum Gasteiger partial charge on any atom is 0.156 e. The Bertz CT molecular complexity index is 375. The highest BCUT2D eigenvalue weighted by Gasteiger charge is 2.22. The van der Waals surface area contributed by atoms with Crippen LogP contribution in [0.1, 0.15) is 0 Å². The second kappa shape index (κ2) is 5.85. The van der Waals surface area contributed by atoms with Gasteiger partial charge in [0.2, 0.25) is 0 Å². The number of amidine groups is 1. The van der Waals surface area contributed by atoms with Crippen LogP contribution in [-0.2, 0) is 4.74 Å². The van der Waals surface area contributed by atoms with Gasteiger partial charge in [-0.1, -0.05) is 0 Å². The van der Waals surface area contributed by atoms with E-state index in [9.17, 15) is 0 Å². The summed E-state index contributed by atoms with van der Waals surface area (Å²) in [6.45, 7) is 7.12. The molecule has 7 nitrogen and oxygen atoms in total. The standard InChI is InChI=1S/C11H19ClN6O/c12-18-14-10(16-3-1-13-2-4-16)9-11(15-18)17-5-7-19-8-6-17/h9,13-14H,1-8H2. The lowest BCUT2D eigenvalue weighted by molar-refractivity contribution is 0.0672. The van der Waals surface area contributed by atoms with Gasteiger partial charge in [0.25, 0.3) is 0 Å². The summed E-state index contributed by atoms with van der Waals surface area (Å²) in [5.41, 5.74) is 3.07. The molecule has 0 aliphatic carbocycles. The largest absolute Gasteiger partial charge is 0.378 e. The zero-order chi connectivity index (χ0) is 13.1. The molecule has 0 aromatic rings. The molecule has 0 spiro atoms. The molecule has 0 saturated carbocycles. The fourth-order valence-electron chi connectivity index (χ4n) is 2.41. The topological polar surface area (TPSA) is 55.4 Å². The Morgan fingerprint density at radius 3 is 2.58 bits per heavy atom. The number of hydrazine groups is 1. The Kier molecular flexibility index (Phi) is 3.95. The van der Waals surface area contributed by atoms with E-state index in [0.717, 1.165) is 64.1 Å².